The molecule has 2 rings (SSSR count). The zero-order chi connectivity index (χ0) is 15.2. The zero-order valence-electron chi connectivity index (χ0n) is 11.6. The number of aromatic nitrogens is 2. The Morgan fingerprint density at radius 2 is 1.81 bits per heavy atom. The van der Waals surface area contributed by atoms with E-state index in [-0.39, 0.29) is 23.5 Å². The van der Waals surface area contributed by atoms with E-state index in [0.29, 0.717) is 11.3 Å². The Hall–Kier alpha value is -2.96. The van der Waals surface area contributed by atoms with E-state index >= 15 is 0 Å². The van der Waals surface area contributed by atoms with Crippen LogP contribution in [-0.4, -0.2) is 29.1 Å². The van der Waals surface area contributed by atoms with Crippen LogP contribution in [0, 0.1) is 0 Å². The van der Waals surface area contributed by atoms with Crippen LogP contribution in [0.4, 0.5) is 11.5 Å². The van der Waals surface area contributed by atoms with Gasteiger partial charge in [-0.1, -0.05) is 18.2 Å². The number of ether oxygens (including phenoxy) is 1. The molecule has 21 heavy (non-hydrogen) atoms. The molecule has 0 saturated carbocycles. The van der Waals surface area contributed by atoms with E-state index in [1.165, 1.54) is 20.1 Å². The highest BCUT2D eigenvalue weighted by molar-refractivity contribution is 6.06. The molecule has 1 aromatic heterocycles. The first kappa shape index (κ1) is 14.4. The summed E-state index contributed by atoms with van der Waals surface area (Å²) < 4.78 is 4.94. The minimum absolute atomic E-state index is 0.153. The second kappa shape index (κ2) is 6.47. The van der Waals surface area contributed by atoms with E-state index in [2.05, 4.69) is 20.8 Å². The number of amides is 2. The van der Waals surface area contributed by atoms with Crippen LogP contribution in [0.5, 0.6) is 5.88 Å². The van der Waals surface area contributed by atoms with E-state index in [1.54, 1.807) is 24.3 Å². The van der Waals surface area contributed by atoms with Gasteiger partial charge in [-0.3, -0.25) is 9.59 Å². The van der Waals surface area contributed by atoms with Gasteiger partial charge >= 0.3 is 0 Å². The molecule has 0 aliphatic rings. The van der Waals surface area contributed by atoms with Gasteiger partial charge < -0.3 is 15.4 Å². The van der Waals surface area contributed by atoms with Crippen LogP contribution in [0.15, 0.2) is 36.4 Å². The summed E-state index contributed by atoms with van der Waals surface area (Å²) >= 11 is 0. The first-order valence-electron chi connectivity index (χ1n) is 6.16. The standard InChI is InChI=1S/C14H14N4O3/c1-9(19)15-11-8-12(21-2)17-18-13(11)16-14(20)10-6-4-3-5-7-10/h3-8H,1-2H3,(H,15,17,19)(H,16,18,20). The predicted molar refractivity (Wildman–Crippen MR) is 77.3 cm³/mol. The number of benzene rings is 1. The Morgan fingerprint density at radius 3 is 2.43 bits per heavy atom. The fourth-order valence-electron chi connectivity index (χ4n) is 1.62. The van der Waals surface area contributed by atoms with Crippen molar-refractivity contribution in [3.63, 3.8) is 0 Å². The summed E-state index contributed by atoms with van der Waals surface area (Å²) in [5.74, 6) is -0.252. The highest BCUT2D eigenvalue weighted by atomic mass is 16.5. The van der Waals surface area contributed by atoms with Gasteiger partial charge in [-0.2, -0.15) is 0 Å². The second-order valence-corrected chi connectivity index (χ2v) is 4.15. The van der Waals surface area contributed by atoms with Crippen molar-refractivity contribution in [3.05, 3.63) is 42.0 Å². The lowest BCUT2D eigenvalue weighted by Crippen LogP contribution is -2.17. The van der Waals surface area contributed by atoms with Crippen LogP contribution in [0.25, 0.3) is 0 Å². The molecule has 0 atom stereocenters. The molecule has 0 aliphatic carbocycles. The van der Waals surface area contributed by atoms with Crippen LogP contribution in [0.2, 0.25) is 0 Å². The predicted octanol–water partition coefficient (Wildman–Crippen LogP) is 1.70. The number of anilines is 2. The monoisotopic (exact) mass is 286 g/mol. The normalized spacial score (nSPS) is 9.81. The van der Waals surface area contributed by atoms with Crippen molar-refractivity contribution < 1.29 is 14.3 Å². The Labute approximate surface area is 121 Å². The number of carbonyl (C=O) groups is 2. The molecule has 1 heterocycles. The van der Waals surface area contributed by atoms with Crippen molar-refractivity contribution in [2.75, 3.05) is 17.7 Å². The average Bonchev–Trinajstić information content (AvgIpc) is 2.49. The number of nitrogens with one attached hydrogen (secondary N) is 2. The summed E-state index contributed by atoms with van der Waals surface area (Å²) in [5, 5.41) is 12.8. The van der Waals surface area contributed by atoms with Gasteiger partial charge in [0.05, 0.1) is 12.8 Å². The molecule has 0 saturated heterocycles. The molecule has 7 heteroatoms. The van der Waals surface area contributed by atoms with Crippen molar-refractivity contribution in [1.82, 2.24) is 10.2 Å². The Balaban J connectivity index is 2.26. The maximum atomic E-state index is 12.1. The van der Waals surface area contributed by atoms with Crippen molar-refractivity contribution in [1.29, 1.82) is 0 Å². The lowest BCUT2D eigenvalue weighted by molar-refractivity contribution is -0.114. The largest absolute Gasteiger partial charge is 0.480 e. The van der Waals surface area contributed by atoms with E-state index < -0.39 is 0 Å². The van der Waals surface area contributed by atoms with Gasteiger partial charge in [0.2, 0.25) is 11.8 Å². The lowest BCUT2D eigenvalue weighted by Gasteiger charge is -2.10. The van der Waals surface area contributed by atoms with Gasteiger partial charge in [-0.25, -0.2) is 0 Å². The van der Waals surface area contributed by atoms with Gasteiger partial charge in [0.1, 0.15) is 0 Å². The minimum atomic E-state index is -0.346. The van der Waals surface area contributed by atoms with Crippen molar-refractivity contribution in [2.45, 2.75) is 6.92 Å². The third kappa shape index (κ3) is 3.75. The van der Waals surface area contributed by atoms with Crippen LogP contribution in [-0.2, 0) is 4.79 Å². The maximum Gasteiger partial charge on any atom is 0.256 e. The van der Waals surface area contributed by atoms with E-state index in [1.807, 2.05) is 6.07 Å². The molecule has 2 aromatic rings. The van der Waals surface area contributed by atoms with Crippen molar-refractivity contribution >= 4 is 23.3 Å². The number of hydrogen-bond donors (Lipinski definition) is 2. The highest BCUT2D eigenvalue weighted by Crippen LogP contribution is 2.22. The Bertz CT molecular complexity index is 659. The quantitative estimate of drug-likeness (QED) is 0.892. The third-order valence-corrected chi connectivity index (χ3v) is 2.56. The van der Waals surface area contributed by atoms with Gasteiger partial charge in [0.25, 0.3) is 5.91 Å². The topological polar surface area (TPSA) is 93.2 Å². The van der Waals surface area contributed by atoms with Crippen LogP contribution in [0.1, 0.15) is 17.3 Å². The van der Waals surface area contributed by atoms with E-state index in [9.17, 15) is 9.59 Å². The molecule has 1 aromatic carbocycles. The molecular weight excluding hydrogens is 272 g/mol. The summed E-state index contributed by atoms with van der Waals surface area (Å²) in [6.45, 7) is 1.36. The summed E-state index contributed by atoms with van der Waals surface area (Å²) in [5.41, 5.74) is 0.794. The van der Waals surface area contributed by atoms with Gasteiger partial charge in [-0.15, -0.1) is 10.2 Å². The molecular formula is C14H14N4O3. The number of nitrogens with zero attached hydrogens (tertiary/aromatic N) is 2. The van der Waals surface area contributed by atoms with Crippen LogP contribution >= 0.6 is 0 Å². The van der Waals surface area contributed by atoms with Gasteiger partial charge in [-0.05, 0) is 12.1 Å². The number of rotatable bonds is 4. The summed E-state index contributed by atoms with van der Waals surface area (Å²) in [4.78, 5) is 23.3. The first-order valence-corrected chi connectivity index (χ1v) is 6.16. The van der Waals surface area contributed by atoms with E-state index in [0.717, 1.165) is 0 Å². The number of carbonyl (C=O) groups excluding carboxylic acids is 2. The fourth-order valence-corrected chi connectivity index (χ4v) is 1.62. The summed E-state index contributed by atoms with van der Waals surface area (Å²) in [6.07, 6.45) is 0. The van der Waals surface area contributed by atoms with Crippen LogP contribution in [0.3, 0.4) is 0 Å². The molecule has 0 fully saturated rings. The molecule has 0 spiro atoms. The number of methoxy groups -OCH3 is 1. The van der Waals surface area contributed by atoms with Gasteiger partial charge in [0, 0.05) is 18.6 Å². The molecule has 2 amide bonds. The Morgan fingerprint density at radius 1 is 1.10 bits per heavy atom. The average molecular weight is 286 g/mol. The molecule has 0 bridgehead atoms. The fraction of sp³-hybridized carbons (Fsp3) is 0.143. The molecule has 0 aliphatic heterocycles. The summed E-state index contributed by atoms with van der Waals surface area (Å²) in [6, 6.07) is 10.1. The number of hydrogen-bond acceptors (Lipinski definition) is 5. The molecule has 0 unspecified atom stereocenters. The minimum Gasteiger partial charge on any atom is -0.480 e. The van der Waals surface area contributed by atoms with E-state index in [4.69, 9.17) is 4.74 Å². The van der Waals surface area contributed by atoms with Crippen molar-refractivity contribution in [3.8, 4) is 5.88 Å². The maximum absolute atomic E-state index is 12.1. The van der Waals surface area contributed by atoms with Crippen molar-refractivity contribution in [2.24, 2.45) is 0 Å². The third-order valence-electron chi connectivity index (χ3n) is 2.56. The molecule has 2 N–H and O–H groups in total. The molecule has 108 valence electrons. The molecule has 7 nitrogen and oxygen atoms in total. The second-order valence-electron chi connectivity index (χ2n) is 4.15. The molecule has 0 radical (unpaired) electrons. The van der Waals surface area contributed by atoms with Crippen LogP contribution < -0.4 is 15.4 Å². The van der Waals surface area contributed by atoms with Gasteiger partial charge in [0.15, 0.2) is 5.82 Å². The zero-order valence-corrected chi connectivity index (χ0v) is 11.6. The smallest absolute Gasteiger partial charge is 0.256 e. The highest BCUT2D eigenvalue weighted by Gasteiger charge is 2.13. The Kier molecular flexibility index (Phi) is 4.45. The first-order chi connectivity index (χ1) is 10.1. The lowest BCUT2D eigenvalue weighted by atomic mass is 10.2. The summed E-state index contributed by atoms with van der Waals surface area (Å²) in [7, 11) is 1.43. The SMILES string of the molecule is COc1cc(NC(C)=O)c(NC(=O)c2ccccc2)nn1.